The van der Waals surface area contributed by atoms with Crippen LogP contribution >= 0.6 is 0 Å². The highest BCUT2D eigenvalue weighted by Crippen LogP contribution is 2.37. The van der Waals surface area contributed by atoms with Crippen LogP contribution in [0.2, 0.25) is 0 Å². The van der Waals surface area contributed by atoms with E-state index in [2.05, 4.69) is 31.0 Å². The summed E-state index contributed by atoms with van der Waals surface area (Å²) in [6.07, 6.45) is -2.50. The van der Waals surface area contributed by atoms with Crippen molar-refractivity contribution in [1.82, 2.24) is 10.2 Å². The number of halogens is 3. The van der Waals surface area contributed by atoms with E-state index in [4.69, 9.17) is 0 Å². The third kappa shape index (κ3) is 5.47. The molecule has 0 heterocycles. The molecule has 1 aliphatic carbocycles. The number of amides is 1. The summed E-state index contributed by atoms with van der Waals surface area (Å²) < 4.78 is 39.5. The molecule has 1 aromatic rings. The number of hydrogen-bond donors (Lipinski definition) is 1. The molecule has 0 spiro atoms. The van der Waals surface area contributed by atoms with E-state index in [1.165, 1.54) is 0 Å². The van der Waals surface area contributed by atoms with Crippen LogP contribution in [0.5, 0.6) is 0 Å². The third-order valence-corrected chi connectivity index (χ3v) is 5.24. The first kappa shape index (κ1) is 20.7. The minimum atomic E-state index is -4.26. The van der Waals surface area contributed by atoms with Gasteiger partial charge in [0.1, 0.15) is 0 Å². The fourth-order valence-corrected chi connectivity index (χ4v) is 3.60. The highest BCUT2D eigenvalue weighted by molar-refractivity contribution is 5.94. The average Bonchev–Trinajstić information content (AvgIpc) is 2.59. The van der Waals surface area contributed by atoms with Gasteiger partial charge >= 0.3 is 6.18 Å². The van der Waals surface area contributed by atoms with Crippen LogP contribution in [0.25, 0.3) is 0 Å². The molecule has 2 unspecified atom stereocenters. The first-order chi connectivity index (χ1) is 12.2. The van der Waals surface area contributed by atoms with Crippen LogP contribution in [0.1, 0.15) is 62.4 Å². The molecule has 2 rings (SSSR count). The summed E-state index contributed by atoms with van der Waals surface area (Å²) in [5, 5.41) is 2.61. The Hall–Kier alpha value is -1.56. The zero-order valence-electron chi connectivity index (χ0n) is 15.8. The van der Waals surface area contributed by atoms with Gasteiger partial charge in [-0.15, -0.1) is 0 Å². The van der Waals surface area contributed by atoms with Crippen LogP contribution < -0.4 is 5.32 Å². The predicted molar refractivity (Wildman–Crippen MR) is 96.9 cm³/mol. The van der Waals surface area contributed by atoms with Crippen molar-refractivity contribution in [1.29, 1.82) is 0 Å². The van der Waals surface area contributed by atoms with Crippen LogP contribution in [-0.4, -0.2) is 35.6 Å². The highest BCUT2D eigenvalue weighted by atomic mass is 19.4. The van der Waals surface area contributed by atoms with Crippen LogP contribution in [-0.2, 0) is 6.54 Å². The molecular weight excluding hydrogens is 341 g/mol. The predicted octanol–water partition coefficient (Wildman–Crippen LogP) is 4.77. The molecule has 0 aliphatic heterocycles. The van der Waals surface area contributed by atoms with E-state index < -0.39 is 24.0 Å². The van der Waals surface area contributed by atoms with Gasteiger partial charge in [-0.05, 0) is 50.9 Å². The van der Waals surface area contributed by atoms with Crippen molar-refractivity contribution in [2.24, 2.45) is 5.92 Å². The zero-order valence-corrected chi connectivity index (χ0v) is 15.8. The molecule has 26 heavy (non-hydrogen) atoms. The molecule has 1 aliphatic rings. The number of nitrogens with one attached hydrogen (secondary N) is 1. The Bertz CT molecular complexity index is 584. The molecule has 0 bridgehead atoms. The van der Waals surface area contributed by atoms with Gasteiger partial charge in [-0.1, -0.05) is 31.9 Å². The van der Waals surface area contributed by atoms with Gasteiger partial charge in [-0.2, -0.15) is 13.2 Å². The number of carbonyl (C=O) groups excluding carboxylic acids is 1. The Labute approximate surface area is 154 Å². The lowest BCUT2D eigenvalue weighted by molar-refractivity contribution is -0.187. The molecule has 146 valence electrons. The van der Waals surface area contributed by atoms with Crippen molar-refractivity contribution >= 4 is 5.91 Å². The molecule has 1 fully saturated rings. The molecule has 0 aromatic heterocycles. The molecule has 2 atom stereocenters. The summed E-state index contributed by atoms with van der Waals surface area (Å²) in [7, 11) is 0. The quantitative estimate of drug-likeness (QED) is 0.782. The number of benzene rings is 1. The van der Waals surface area contributed by atoms with Crippen LogP contribution in [0.4, 0.5) is 13.2 Å². The number of nitrogens with zero attached hydrogens (tertiary/aromatic N) is 1. The van der Waals surface area contributed by atoms with Gasteiger partial charge in [-0.3, -0.25) is 9.69 Å². The molecule has 3 nitrogen and oxygen atoms in total. The van der Waals surface area contributed by atoms with Crippen molar-refractivity contribution in [3.05, 3.63) is 35.4 Å². The summed E-state index contributed by atoms with van der Waals surface area (Å²) in [6, 6.07) is 6.75. The van der Waals surface area contributed by atoms with E-state index >= 15 is 0 Å². The van der Waals surface area contributed by atoms with Gasteiger partial charge < -0.3 is 5.32 Å². The lowest BCUT2D eigenvalue weighted by Crippen LogP contribution is -2.47. The Balaban J connectivity index is 2.01. The second-order valence-electron chi connectivity index (χ2n) is 7.37. The lowest BCUT2D eigenvalue weighted by atomic mass is 9.84. The monoisotopic (exact) mass is 370 g/mol. The topological polar surface area (TPSA) is 32.3 Å². The van der Waals surface area contributed by atoms with Gasteiger partial charge in [0.05, 0.1) is 5.92 Å². The van der Waals surface area contributed by atoms with Gasteiger partial charge in [0, 0.05) is 24.2 Å². The largest absolute Gasteiger partial charge is 0.393 e. The molecule has 1 N–H and O–H groups in total. The smallest absolute Gasteiger partial charge is 0.349 e. The Morgan fingerprint density at radius 2 is 1.81 bits per heavy atom. The van der Waals surface area contributed by atoms with Crippen molar-refractivity contribution in [3.63, 3.8) is 0 Å². The van der Waals surface area contributed by atoms with E-state index in [0.717, 1.165) is 25.1 Å². The second kappa shape index (κ2) is 8.89. The van der Waals surface area contributed by atoms with E-state index in [1.54, 1.807) is 12.1 Å². The minimum absolute atomic E-state index is 0.0927. The van der Waals surface area contributed by atoms with Crippen molar-refractivity contribution in [3.8, 4) is 0 Å². The molecule has 1 amide bonds. The molecular formula is C20H29F3N2O. The Kier molecular flexibility index (Phi) is 7.09. The summed E-state index contributed by atoms with van der Waals surface area (Å²) in [5.74, 6) is -1.86. The number of rotatable bonds is 6. The molecule has 1 saturated carbocycles. The normalized spacial score (nSPS) is 21.2. The molecule has 0 saturated heterocycles. The van der Waals surface area contributed by atoms with Crippen LogP contribution in [0, 0.1) is 5.92 Å². The Morgan fingerprint density at radius 3 is 2.35 bits per heavy atom. The zero-order chi connectivity index (χ0) is 19.3. The molecule has 6 heteroatoms. The average molecular weight is 370 g/mol. The maximum Gasteiger partial charge on any atom is 0.393 e. The maximum atomic E-state index is 13.2. The number of hydrogen-bond acceptors (Lipinski definition) is 2. The van der Waals surface area contributed by atoms with E-state index in [-0.39, 0.29) is 6.42 Å². The van der Waals surface area contributed by atoms with Gasteiger partial charge in [0.15, 0.2) is 0 Å². The minimum Gasteiger partial charge on any atom is -0.349 e. The summed E-state index contributed by atoms with van der Waals surface area (Å²) >= 11 is 0. The lowest BCUT2D eigenvalue weighted by Gasteiger charge is -2.33. The number of carbonyl (C=O) groups is 1. The molecule has 0 radical (unpaired) electrons. The fraction of sp³-hybridized carbons (Fsp3) is 0.650. The van der Waals surface area contributed by atoms with Crippen molar-refractivity contribution in [2.45, 2.75) is 71.3 Å². The maximum absolute atomic E-state index is 13.2. The van der Waals surface area contributed by atoms with Crippen LogP contribution in [0.15, 0.2) is 24.3 Å². The number of alkyl halides is 3. The molecule has 1 aromatic carbocycles. The fourth-order valence-electron chi connectivity index (χ4n) is 3.60. The first-order valence-electron chi connectivity index (χ1n) is 9.43. The summed E-state index contributed by atoms with van der Waals surface area (Å²) in [6.45, 7) is 8.08. The van der Waals surface area contributed by atoms with E-state index in [0.29, 0.717) is 24.4 Å². The van der Waals surface area contributed by atoms with E-state index in [9.17, 15) is 18.0 Å². The standard InChI is InChI=1S/C20H29F3N2O/c1-4-25(14(2)3)13-15-9-11-16(12-10-15)19(26)24-18-8-6-5-7-17(18)20(21,22)23/h9-12,14,17-18H,4-8,13H2,1-3H3,(H,24,26). The highest BCUT2D eigenvalue weighted by Gasteiger charge is 2.45. The second-order valence-corrected chi connectivity index (χ2v) is 7.37. The van der Waals surface area contributed by atoms with Gasteiger partial charge in [-0.25, -0.2) is 0 Å². The van der Waals surface area contributed by atoms with E-state index in [1.807, 2.05) is 12.1 Å². The van der Waals surface area contributed by atoms with Crippen LogP contribution in [0.3, 0.4) is 0 Å². The first-order valence-corrected chi connectivity index (χ1v) is 9.43. The van der Waals surface area contributed by atoms with Gasteiger partial charge in [0.25, 0.3) is 5.91 Å². The Morgan fingerprint density at radius 1 is 1.19 bits per heavy atom. The SMILES string of the molecule is CCN(Cc1ccc(C(=O)NC2CCCCC2C(F)(F)F)cc1)C(C)C. The summed E-state index contributed by atoms with van der Waals surface area (Å²) in [5.41, 5.74) is 1.50. The van der Waals surface area contributed by atoms with Crippen molar-refractivity contribution < 1.29 is 18.0 Å². The van der Waals surface area contributed by atoms with Crippen molar-refractivity contribution in [2.75, 3.05) is 6.54 Å². The summed E-state index contributed by atoms with van der Waals surface area (Å²) in [4.78, 5) is 14.7. The third-order valence-electron chi connectivity index (χ3n) is 5.24. The van der Waals surface area contributed by atoms with Gasteiger partial charge in [0.2, 0.25) is 0 Å².